The molecule has 0 aromatic carbocycles. The molecule has 0 atom stereocenters. The standard InChI is InChI=1S/C13H20N2O5S3/c1-5-20-13(21)22-7-6-15(2)23(16,17)11-9-14-12(19-4)8-10(11)18-3/h8-9H,5-7H2,1-4H3. The van der Waals surface area contributed by atoms with Crippen molar-refractivity contribution in [3.05, 3.63) is 12.3 Å². The predicted octanol–water partition coefficient (Wildman–Crippen LogP) is 1.77. The van der Waals surface area contributed by atoms with Crippen LogP contribution in [0.3, 0.4) is 0 Å². The minimum absolute atomic E-state index is 0.0133. The van der Waals surface area contributed by atoms with E-state index >= 15 is 0 Å². The first-order valence-corrected chi connectivity index (χ1v) is 9.54. The Hall–Kier alpha value is -1.10. The van der Waals surface area contributed by atoms with Crippen molar-refractivity contribution >= 4 is 38.4 Å². The molecular weight excluding hydrogens is 360 g/mol. The zero-order valence-corrected chi connectivity index (χ0v) is 15.9. The van der Waals surface area contributed by atoms with Crippen molar-refractivity contribution in [3.8, 4) is 11.6 Å². The second kappa shape index (κ2) is 9.26. The lowest BCUT2D eigenvalue weighted by molar-refractivity contribution is 0.346. The molecule has 1 aromatic rings. The van der Waals surface area contributed by atoms with Crippen LogP contribution in [-0.2, 0) is 14.8 Å². The maximum atomic E-state index is 12.6. The van der Waals surface area contributed by atoms with Gasteiger partial charge >= 0.3 is 0 Å². The summed E-state index contributed by atoms with van der Waals surface area (Å²) in [5, 5.41) is 0. The molecule has 0 aliphatic rings. The Morgan fingerprint density at radius 2 is 2.09 bits per heavy atom. The van der Waals surface area contributed by atoms with E-state index in [-0.39, 0.29) is 23.1 Å². The largest absolute Gasteiger partial charge is 0.495 e. The van der Waals surface area contributed by atoms with Gasteiger partial charge in [-0.15, -0.1) is 0 Å². The number of aromatic nitrogens is 1. The third kappa shape index (κ3) is 5.48. The van der Waals surface area contributed by atoms with Gasteiger partial charge in [-0.2, -0.15) is 4.31 Å². The van der Waals surface area contributed by atoms with Gasteiger partial charge in [0.15, 0.2) is 0 Å². The fourth-order valence-electron chi connectivity index (χ4n) is 1.58. The third-order valence-corrected chi connectivity index (χ3v) is 5.89. The molecule has 0 spiro atoms. The molecule has 0 N–H and O–H groups in total. The number of rotatable bonds is 8. The third-order valence-electron chi connectivity index (χ3n) is 2.81. The molecule has 0 aliphatic carbocycles. The van der Waals surface area contributed by atoms with E-state index in [1.165, 1.54) is 49.6 Å². The van der Waals surface area contributed by atoms with Crippen LogP contribution in [0.25, 0.3) is 0 Å². The lowest BCUT2D eigenvalue weighted by atomic mass is 10.4. The Morgan fingerprint density at radius 3 is 2.65 bits per heavy atom. The molecule has 23 heavy (non-hydrogen) atoms. The summed E-state index contributed by atoms with van der Waals surface area (Å²) >= 11 is 6.28. The minimum Gasteiger partial charge on any atom is -0.495 e. The van der Waals surface area contributed by atoms with Gasteiger partial charge in [0.2, 0.25) is 20.3 Å². The zero-order chi connectivity index (χ0) is 17.5. The van der Waals surface area contributed by atoms with E-state index in [2.05, 4.69) is 4.98 Å². The second-order valence-electron chi connectivity index (χ2n) is 4.24. The number of sulfonamides is 1. The van der Waals surface area contributed by atoms with E-state index in [4.69, 9.17) is 26.4 Å². The van der Waals surface area contributed by atoms with Crippen LogP contribution in [0, 0.1) is 0 Å². The summed E-state index contributed by atoms with van der Waals surface area (Å²) in [5.74, 6) is 0.947. The van der Waals surface area contributed by atoms with Crippen LogP contribution >= 0.6 is 24.0 Å². The summed E-state index contributed by atoms with van der Waals surface area (Å²) < 4.78 is 42.1. The van der Waals surface area contributed by atoms with Crippen molar-refractivity contribution in [2.75, 3.05) is 40.2 Å². The van der Waals surface area contributed by atoms with Crippen molar-refractivity contribution in [2.45, 2.75) is 11.8 Å². The van der Waals surface area contributed by atoms with E-state index in [9.17, 15) is 8.42 Å². The second-order valence-corrected chi connectivity index (χ2v) is 7.95. The Morgan fingerprint density at radius 1 is 1.39 bits per heavy atom. The highest BCUT2D eigenvalue weighted by Gasteiger charge is 2.25. The minimum atomic E-state index is -3.72. The van der Waals surface area contributed by atoms with Crippen LogP contribution in [0.1, 0.15) is 6.92 Å². The van der Waals surface area contributed by atoms with Crippen molar-refractivity contribution < 1.29 is 22.6 Å². The number of ether oxygens (including phenoxy) is 3. The van der Waals surface area contributed by atoms with Gasteiger partial charge in [-0.1, -0.05) is 11.8 Å². The van der Waals surface area contributed by atoms with Crippen LogP contribution in [-0.4, -0.2) is 62.3 Å². The van der Waals surface area contributed by atoms with Gasteiger partial charge in [-0.3, -0.25) is 0 Å². The van der Waals surface area contributed by atoms with Crippen molar-refractivity contribution in [1.29, 1.82) is 0 Å². The Balaban J connectivity index is 2.83. The summed E-state index contributed by atoms with van der Waals surface area (Å²) in [6, 6.07) is 1.43. The molecule has 0 saturated heterocycles. The first kappa shape index (κ1) is 19.9. The lowest BCUT2D eigenvalue weighted by Gasteiger charge is -2.18. The topological polar surface area (TPSA) is 78.0 Å². The van der Waals surface area contributed by atoms with E-state index < -0.39 is 10.0 Å². The van der Waals surface area contributed by atoms with Crippen LogP contribution in [0.5, 0.6) is 11.6 Å². The van der Waals surface area contributed by atoms with E-state index in [1.807, 2.05) is 6.92 Å². The predicted molar refractivity (Wildman–Crippen MR) is 93.8 cm³/mol. The molecule has 10 heteroatoms. The summed E-state index contributed by atoms with van der Waals surface area (Å²) in [6.45, 7) is 2.61. The van der Waals surface area contributed by atoms with E-state index in [0.29, 0.717) is 16.7 Å². The monoisotopic (exact) mass is 380 g/mol. The van der Waals surface area contributed by atoms with Crippen LogP contribution < -0.4 is 9.47 Å². The van der Waals surface area contributed by atoms with Gasteiger partial charge in [0.05, 0.1) is 27.0 Å². The van der Waals surface area contributed by atoms with Crippen molar-refractivity contribution in [1.82, 2.24) is 9.29 Å². The molecule has 0 fully saturated rings. The molecule has 1 heterocycles. The Bertz CT molecular complexity index is 636. The normalized spacial score (nSPS) is 11.3. The summed E-state index contributed by atoms with van der Waals surface area (Å²) in [5.41, 5.74) is 0. The van der Waals surface area contributed by atoms with Crippen molar-refractivity contribution in [3.63, 3.8) is 0 Å². The highest BCUT2D eigenvalue weighted by molar-refractivity contribution is 8.22. The van der Waals surface area contributed by atoms with Crippen LogP contribution in [0.15, 0.2) is 17.2 Å². The molecule has 1 aromatic heterocycles. The van der Waals surface area contributed by atoms with Crippen molar-refractivity contribution in [2.24, 2.45) is 0 Å². The highest BCUT2D eigenvalue weighted by Crippen LogP contribution is 2.28. The summed E-state index contributed by atoms with van der Waals surface area (Å²) in [4.78, 5) is 3.92. The number of methoxy groups -OCH3 is 2. The first-order chi connectivity index (χ1) is 10.9. The van der Waals surface area contributed by atoms with Gasteiger partial charge < -0.3 is 14.2 Å². The van der Waals surface area contributed by atoms with E-state index in [1.54, 1.807) is 0 Å². The Labute approximate surface area is 146 Å². The highest BCUT2D eigenvalue weighted by atomic mass is 32.2. The van der Waals surface area contributed by atoms with Crippen LogP contribution in [0.2, 0.25) is 0 Å². The van der Waals surface area contributed by atoms with Crippen LogP contribution in [0.4, 0.5) is 0 Å². The maximum Gasteiger partial charge on any atom is 0.248 e. The SMILES string of the molecule is CCOC(=S)SCCN(C)S(=O)(=O)c1cnc(OC)cc1OC. The molecule has 0 bridgehead atoms. The number of thioether (sulfide) groups is 1. The first-order valence-electron chi connectivity index (χ1n) is 6.70. The molecule has 130 valence electrons. The number of nitrogens with zero attached hydrogens (tertiary/aromatic N) is 2. The van der Waals surface area contributed by atoms with Gasteiger partial charge in [0, 0.05) is 25.4 Å². The number of pyridine rings is 1. The average molecular weight is 381 g/mol. The zero-order valence-electron chi connectivity index (χ0n) is 13.4. The number of thiocarbonyl (C=S) groups is 1. The molecule has 0 amide bonds. The molecular formula is C13H20N2O5S3. The number of hydrogen-bond donors (Lipinski definition) is 0. The molecule has 0 aliphatic heterocycles. The smallest absolute Gasteiger partial charge is 0.248 e. The Kier molecular flexibility index (Phi) is 8.03. The molecule has 1 rings (SSSR count). The summed E-state index contributed by atoms with van der Waals surface area (Å²) in [6.07, 6.45) is 1.22. The fraction of sp³-hybridized carbons (Fsp3) is 0.538. The van der Waals surface area contributed by atoms with Gasteiger partial charge in [0.25, 0.3) is 0 Å². The average Bonchev–Trinajstić information content (AvgIpc) is 2.54. The molecule has 0 saturated carbocycles. The van der Waals surface area contributed by atoms with Gasteiger partial charge in [0.1, 0.15) is 10.6 Å². The lowest BCUT2D eigenvalue weighted by Crippen LogP contribution is -2.29. The quantitative estimate of drug-likeness (QED) is 0.632. The fourth-order valence-corrected chi connectivity index (χ4v) is 4.04. The number of hydrogen-bond acceptors (Lipinski definition) is 8. The molecule has 0 radical (unpaired) electrons. The van der Waals surface area contributed by atoms with E-state index in [0.717, 1.165) is 0 Å². The summed E-state index contributed by atoms with van der Waals surface area (Å²) in [7, 11) is 0.603. The molecule has 7 nitrogen and oxygen atoms in total. The van der Waals surface area contributed by atoms with Gasteiger partial charge in [-0.05, 0) is 19.1 Å². The maximum absolute atomic E-state index is 12.6. The molecule has 0 unspecified atom stereocenters. The van der Waals surface area contributed by atoms with Gasteiger partial charge in [-0.25, -0.2) is 13.4 Å².